The topological polar surface area (TPSA) is 17.3 Å². The Morgan fingerprint density at radius 2 is 1.77 bits per heavy atom. The third-order valence-corrected chi connectivity index (χ3v) is 1.90. The molecule has 0 N–H and O–H groups in total. The molecule has 2 aromatic heterocycles. The lowest BCUT2D eigenvalue weighted by molar-refractivity contribution is 1.04. The van der Waals surface area contributed by atoms with Crippen molar-refractivity contribution >= 4 is 5.65 Å². The van der Waals surface area contributed by atoms with Gasteiger partial charge in [-0.15, -0.1) is 0 Å². The summed E-state index contributed by atoms with van der Waals surface area (Å²) in [5.74, 6) is 0. The van der Waals surface area contributed by atoms with Gasteiger partial charge in [0.15, 0.2) is 0 Å². The van der Waals surface area contributed by atoms with Crippen LogP contribution in [0.1, 0.15) is 25.2 Å². The van der Waals surface area contributed by atoms with Crippen molar-refractivity contribution in [3.8, 4) is 0 Å². The van der Waals surface area contributed by atoms with E-state index in [4.69, 9.17) is 0 Å². The molecule has 2 rings (SSSR count). The van der Waals surface area contributed by atoms with Crippen molar-refractivity contribution in [3.05, 3.63) is 35.8 Å². The van der Waals surface area contributed by atoms with Crippen LogP contribution in [-0.2, 0) is 0 Å². The van der Waals surface area contributed by atoms with Gasteiger partial charge in [-0.2, -0.15) is 0 Å². The van der Waals surface area contributed by atoms with Crippen LogP contribution in [0.4, 0.5) is 0 Å². The average Bonchev–Trinajstić information content (AvgIpc) is 2.53. The van der Waals surface area contributed by atoms with Gasteiger partial charge in [0.1, 0.15) is 5.65 Å². The van der Waals surface area contributed by atoms with Crippen molar-refractivity contribution in [1.29, 1.82) is 0 Å². The smallest absolute Gasteiger partial charge is 0.137 e. The van der Waals surface area contributed by atoms with Crippen LogP contribution in [0.25, 0.3) is 5.65 Å². The normalized spacial score (nSPS) is 9.54. The molecule has 0 aromatic carbocycles. The first-order valence-electron chi connectivity index (χ1n) is 4.69. The van der Waals surface area contributed by atoms with Gasteiger partial charge in [0.2, 0.25) is 0 Å². The zero-order valence-corrected chi connectivity index (χ0v) is 8.70. The van der Waals surface area contributed by atoms with Crippen molar-refractivity contribution in [2.75, 3.05) is 0 Å². The molecule has 13 heavy (non-hydrogen) atoms. The summed E-state index contributed by atoms with van der Waals surface area (Å²) >= 11 is 0. The lowest BCUT2D eigenvalue weighted by Gasteiger charge is -1.99. The molecule has 0 bridgehead atoms. The Bertz CT molecular complexity index is 388. The first-order valence-corrected chi connectivity index (χ1v) is 4.69. The maximum atomic E-state index is 4.24. The molecule has 0 atom stereocenters. The SMILES string of the molecule is CC.Cc1cccc2ncc(C)n12. The number of aryl methyl sites for hydroxylation is 2. The third kappa shape index (κ3) is 1.72. The third-order valence-electron chi connectivity index (χ3n) is 1.90. The molecule has 70 valence electrons. The molecule has 0 radical (unpaired) electrons. The molecule has 0 unspecified atom stereocenters. The summed E-state index contributed by atoms with van der Waals surface area (Å²) in [7, 11) is 0. The largest absolute Gasteiger partial charge is 0.302 e. The monoisotopic (exact) mass is 176 g/mol. The Morgan fingerprint density at radius 3 is 2.38 bits per heavy atom. The van der Waals surface area contributed by atoms with E-state index in [0.29, 0.717) is 0 Å². The number of hydrogen-bond acceptors (Lipinski definition) is 1. The number of imidazole rings is 1. The van der Waals surface area contributed by atoms with E-state index < -0.39 is 0 Å². The van der Waals surface area contributed by atoms with Gasteiger partial charge in [0, 0.05) is 17.6 Å². The quantitative estimate of drug-likeness (QED) is 0.603. The first kappa shape index (κ1) is 9.78. The molecule has 0 amide bonds. The van der Waals surface area contributed by atoms with Crippen LogP contribution in [0.3, 0.4) is 0 Å². The van der Waals surface area contributed by atoms with Crippen molar-refractivity contribution in [2.45, 2.75) is 27.7 Å². The van der Waals surface area contributed by atoms with Crippen molar-refractivity contribution < 1.29 is 0 Å². The van der Waals surface area contributed by atoms with E-state index in [1.54, 1.807) is 0 Å². The highest BCUT2D eigenvalue weighted by atomic mass is 15.0. The number of rotatable bonds is 0. The van der Waals surface area contributed by atoms with Gasteiger partial charge in [0.05, 0.1) is 0 Å². The summed E-state index contributed by atoms with van der Waals surface area (Å²) in [6.07, 6.45) is 1.89. The van der Waals surface area contributed by atoms with Crippen LogP contribution in [0.2, 0.25) is 0 Å². The molecule has 0 aliphatic heterocycles. The van der Waals surface area contributed by atoms with Gasteiger partial charge in [-0.25, -0.2) is 4.98 Å². The second-order valence-corrected chi connectivity index (χ2v) is 2.76. The fourth-order valence-corrected chi connectivity index (χ4v) is 1.38. The summed E-state index contributed by atoms with van der Waals surface area (Å²) in [5.41, 5.74) is 3.46. The fourth-order valence-electron chi connectivity index (χ4n) is 1.38. The lowest BCUT2D eigenvalue weighted by atomic mass is 10.3. The predicted octanol–water partition coefficient (Wildman–Crippen LogP) is 2.98. The van der Waals surface area contributed by atoms with Gasteiger partial charge < -0.3 is 4.40 Å². The maximum Gasteiger partial charge on any atom is 0.137 e. The van der Waals surface area contributed by atoms with Crippen molar-refractivity contribution in [2.24, 2.45) is 0 Å². The Balaban J connectivity index is 0.000000396. The van der Waals surface area contributed by atoms with E-state index in [1.165, 1.54) is 11.4 Å². The highest BCUT2D eigenvalue weighted by molar-refractivity contribution is 5.41. The molecule has 0 saturated carbocycles. The number of fused-ring (bicyclic) bond motifs is 1. The molecular weight excluding hydrogens is 160 g/mol. The minimum Gasteiger partial charge on any atom is -0.302 e. The van der Waals surface area contributed by atoms with E-state index in [1.807, 2.05) is 32.2 Å². The molecule has 2 nitrogen and oxygen atoms in total. The van der Waals surface area contributed by atoms with Crippen LogP contribution >= 0.6 is 0 Å². The zero-order valence-electron chi connectivity index (χ0n) is 8.70. The Morgan fingerprint density at radius 1 is 1.08 bits per heavy atom. The minimum atomic E-state index is 1.03. The first-order chi connectivity index (χ1) is 6.29. The van der Waals surface area contributed by atoms with Crippen molar-refractivity contribution in [3.63, 3.8) is 0 Å². The minimum absolute atomic E-state index is 1.03. The van der Waals surface area contributed by atoms with Gasteiger partial charge in [-0.3, -0.25) is 0 Å². The molecule has 0 spiro atoms. The second-order valence-electron chi connectivity index (χ2n) is 2.76. The van der Waals surface area contributed by atoms with Gasteiger partial charge in [-0.1, -0.05) is 19.9 Å². The van der Waals surface area contributed by atoms with Crippen LogP contribution in [0, 0.1) is 13.8 Å². The van der Waals surface area contributed by atoms with E-state index >= 15 is 0 Å². The molecule has 0 aliphatic carbocycles. The van der Waals surface area contributed by atoms with E-state index in [2.05, 4.69) is 29.3 Å². The van der Waals surface area contributed by atoms with Crippen LogP contribution in [-0.4, -0.2) is 9.38 Å². The standard InChI is InChI=1S/C9H10N2.C2H6/c1-7-4-3-5-9-10-6-8(2)11(7)9;1-2/h3-6H,1-2H3;1-2H3. The van der Waals surface area contributed by atoms with E-state index in [9.17, 15) is 0 Å². The summed E-state index contributed by atoms with van der Waals surface area (Å²) < 4.78 is 2.14. The molecule has 0 fully saturated rings. The predicted molar refractivity (Wildman–Crippen MR) is 56.0 cm³/mol. The number of nitrogens with zero attached hydrogens (tertiary/aromatic N) is 2. The fraction of sp³-hybridized carbons (Fsp3) is 0.364. The average molecular weight is 176 g/mol. The molecule has 0 aliphatic rings. The van der Waals surface area contributed by atoms with E-state index in [-0.39, 0.29) is 0 Å². The second kappa shape index (κ2) is 4.08. The van der Waals surface area contributed by atoms with E-state index in [0.717, 1.165) is 5.65 Å². The highest BCUT2D eigenvalue weighted by Gasteiger charge is 1.98. The zero-order chi connectivity index (χ0) is 9.84. The maximum absolute atomic E-state index is 4.24. The Labute approximate surface area is 79.2 Å². The number of pyridine rings is 1. The molecular formula is C11H16N2. The van der Waals surface area contributed by atoms with Crippen LogP contribution in [0.15, 0.2) is 24.4 Å². The number of hydrogen-bond donors (Lipinski definition) is 0. The number of aromatic nitrogens is 2. The van der Waals surface area contributed by atoms with Gasteiger partial charge >= 0.3 is 0 Å². The highest BCUT2D eigenvalue weighted by Crippen LogP contribution is 2.08. The molecule has 2 aromatic rings. The lowest BCUT2D eigenvalue weighted by Crippen LogP contribution is -1.91. The Kier molecular flexibility index (Phi) is 3.07. The summed E-state index contributed by atoms with van der Waals surface area (Å²) in [5, 5.41) is 0. The van der Waals surface area contributed by atoms with Gasteiger partial charge in [-0.05, 0) is 26.0 Å². The van der Waals surface area contributed by atoms with Gasteiger partial charge in [0.25, 0.3) is 0 Å². The molecule has 0 saturated heterocycles. The Hall–Kier alpha value is -1.31. The molecule has 2 heterocycles. The van der Waals surface area contributed by atoms with Crippen LogP contribution < -0.4 is 0 Å². The summed E-state index contributed by atoms with van der Waals surface area (Å²) in [6.45, 7) is 8.15. The van der Waals surface area contributed by atoms with Crippen molar-refractivity contribution in [1.82, 2.24) is 9.38 Å². The summed E-state index contributed by atoms with van der Waals surface area (Å²) in [6, 6.07) is 6.12. The summed E-state index contributed by atoms with van der Waals surface area (Å²) in [4.78, 5) is 4.24. The molecule has 2 heteroatoms. The van der Waals surface area contributed by atoms with Crippen LogP contribution in [0.5, 0.6) is 0 Å².